The summed E-state index contributed by atoms with van der Waals surface area (Å²) in [5.41, 5.74) is 0.616. The van der Waals surface area contributed by atoms with Crippen LogP contribution < -0.4 is 9.64 Å². The van der Waals surface area contributed by atoms with Gasteiger partial charge in [-0.3, -0.25) is 4.90 Å². The van der Waals surface area contributed by atoms with Crippen molar-refractivity contribution in [2.45, 2.75) is 32.0 Å². The molecule has 138 valence electrons. The van der Waals surface area contributed by atoms with Gasteiger partial charge in [0.1, 0.15) is 11.4 Å². The molecule has 2 atom stereocenters. The average molecular weight is 346 g/mol. The Bertz CT molecular complexity index is 561. The van der Waals surface area contributed by atoms with Crippen LogP contribution in [0.4, 0.5) is 5.69 Å². The van der Waals surface area contributed by atoms with E-state index in [2.05, 4.69) is 27.9 Å². The fourth-order valence-electron chi connectivity index (χ4n) is 2.86. The van der Waals surface area contributed by atoms with E-state index < -0.39 is 11.7 Å². The maximum Gasteiger partial charge on any atom is 0.125 e. The Hall–Kier alpha value is -1.74. The van der Waals surface area contributed by atoms with Gasteiger partial charge in [0.2, 0.25) is 0 Å². The molecular formula is C20H30N2O3. The van der Waals surface area contributed by atoms with Crippen molar-refractivity contribution in [3.05, 3.63) is 24.3 Å². The van der Waals surface area contributed by atoms with Crippen LogP contribution in [0.2, 0.25) is 0 Å². The number of β-amino-alcohol motifs (C(OH)–C–C–N with tert-alkyl or cyclic N) is 1. The van der Waals surface area contributed by atoms with Crippen molar-refractivity contribution in [1.29, 1.82) is 0 Å². The van der Waals surface area contributed by atoms with E-state index in [1.54, 1.807) is 7.11 Å². The number of piperazine rings is 1. The molecule has 2 rings (SSSR count). The van der Waals surface area contributed by atoms with Crippen molar-refractivity contribution in [2.24, 2.45) is 0 Å². The van der Waals surface area contributed by atoms with Crippen molar-refractivity contribution in [1.82, 2.24) is 4.90 Å². The van der Waals surface area contributed by atoms with Gasteiger partial charge in [-0.15, -0.1) is 6.42 Å². The molecule has 0 radical (unpaired) electrons. The lowest BCUT2D eigenvalue weighted by Crippen LogP contribution is -2.49. The summed E-state index contributed by atoms with van der Waals surface area (Å²) in [5.74, 6) is 3.53. The molecule has 0 bridgehead atoms. The number of aliphatic hydroxyl groups excluding tert-OH is 1. The maximum absolute atomic E-state index is 10.2. The summed E-state index contributed by atoms with van der Waals surface area (Å²) in [7, 11) is 1.68. The smallest absolute Gasteiger partial charge is 0.125 e. The van der Waals surface area contributed by atoms with Gasteiger partial charge >= 0.3 is 0 Å². The van der Waals surface area contributed by atoms with E-state index in [0.29, 0.717) is 6.54 Å². The predicted molar refractivity (Wildman–Crippen MR) is 101 cm³/mol. The van der Waals surface area contributed by atoms with Crippen LogP contribution in [0.25, 0.3) is 0 Å². The first-order valence-corrected chi connectivity index (χ1v) is 8.91. The van der Waals surface area contributed by atoms with E-state index in [0.717, 1.165) is 38.3 Å². The topological polar surface area (TPSA) is 45.2 Å². The number of rotatable bonds is 8. The van der Waals surface area contributed by atoms with Gasteiger partial charge in [-0.1, -0.05) is 12.8 Å². The summed E-state index contributed by atoms with van der Waals surface area (Å²) in [6.45, 7) is 8.48. The molecule has 0 spiro atoms. The van der Waals surface area contributed by atoms with E-state index in [1.807, 2.05) is 26.0 Å². The van der Waals surface area contributed by atoms with Gasteiger partial charge in [-0.2, -0.15) is 0 Å². The zero-order valence-electron chi connectivity index (χ0n) is 15.6. The number of terminal acetylenes is 1. The number of ether oxygens (including phenoxy) is 2. The zero-order valence-corrected chi connectivity index (χ0v) is 15.6. The zero-order chi connectivity index (χ0) is 18.3. The molecule has 1 heterocycles. The first-order chi connectivity index (χ1) is 12.0. The summed E-state index contributed by atoms with van der Waals surface area (Å²) in [6.07, 6.45) is 5.71. The molecule has 1 aromatic carbocycles. The van der Waals surface area contributed by atoms with Crippen molar-refractivity contribution < 1.29 is 14.6 Å². The lowest BCUT2D eigenvalue weighted by molar-refractivity contribution is -0.0473. The Morgan fingerprint density at radius 3 is 2.40 bits per heavy atom. The molecule has 1 fully saturated rings. The summed E-state index contributed by atoms with van der Waals surface area (Å²) in [5, 5.41) is 10.2. The molecule has 0 saturated carbocycles. The number of aliphatic hydroxyl groups is 1. The highest BCUT2D eigenvalue weighted by Crippen LogP contribution is 2.20. The fourth-order valence-corrected chi connectivity index (χ4v) is 2.86. The van der Waals surface area contributed by atoms with Crippen LogP contribution in [0.1, 0.15) is 20.3 Å². The first kappa shape index (κ1) is 19.6. The molecule has 1 aromatic rings. The second-order valence-corrected chi connectivity index (χ2v) is 6.68. The standard InChI is InChI=1S/C20H30N2O3/c1-5-20(3,6-2)25-16-18(23)15-21-11-13-22(14-12-21)17-7-9-19(24-4)10-8-17/h1,7-10,18,23H,6,11-16H2,2-4H3/t18-,20-/m1/s1. The van der Waals surface area contributed by atoms with Crippen molar-refractivity contribution in [3.8, 4) is 18.1 Å². The predicted octanol–water partition coefficient (Wildman–Crippen LogP) is 2.00. The molecule has 1 aliphatic rings. The number of hydrogen-bond acceptors (Lipinski definition) is 5. The Kier molecular flexibility index (Phi) is 7.12. The van der Waals surface area contributed by atoms with Crippen LogP contribution in [0, 0.1) is 12.3 Å². The van der Waals surface area contributed by atoms with E-state index in [4.69, 9.17) is 15.9 Å². The maximum atomic E-state index is 10.2. The molecule has 1 saturated heterocycles. The molecule has 0 aliphatic carbocycles. The highest BCUT2D eigenvalue weighted by Gasteiger charge is 2.23. The highest BCUT2D eigenvalue weighted by molar-refractivity contribution is 5.49. The van der Waals surface area contributed by atoms with Gasteiger partial charge in [0.05, 0.1) is 19.8 Å². The molecular weight excluding hydrogens is 316 g/mol. The number of anilines is 1. The van der Waals surface area contributed by atoms with E-state index >= 15 is 0 Å². The fraction of sp³-hybridized carbons (Fsp3) is 0.600. The van der Waals surface area contributed by atoms with Crippen LogP contribution in [0.3, 0.4) is 0 Å². The minimum absolute atomic E-state index is 0.271. The van der Waals surface area contributed by atoms with Gasteiger partial charge in [0, 0.05) is 38.4 Å². The van der Waals surface area contributed by atoms with Gasteiger partial charge in [0.25, 0.3) is 0 Å². The molecule has 1 N–H and O–H groups in total. The molecule has 5 nitrogen and oxygen atoms in total. The molecule has 5 heteroatoms. The summed E-state index contributed by atoms with van der Waals surface area (Å²) in [4.78, 5) is 4.62. The van der Waals surface area contributed by atoms with Crippen LogP contribution in [0.15, 0.2) is 24.3 Å². The number of methoxy groups -OCH3 is 1. The molecule has 1 aliphatic heterocycles. The van der Waals surface area contributed by atoms with Gasteiger partial charge in [-0.05, 0) is 37.6 Å². The minimum Gasteiger partial charge on any atom is -0.497 e. The van der Waals surface area contributed by atoms with Gasteiger partial charge in [-0.25, -0.2) is 0 Å². The second-order valence-electron chi connectivity index (χ2n) is 6.68. The number of nitrogens with zero attached hydrogens (tertiary/aromatic N) is 2. The largest absolute Gasteiger partial charge is 0.497 e. The van der Waals surface area contributed by atoms with Crippen molar-refractivity contribution >= 4 is 5.69 Å². The van der Waals surface area contributed by atoms with Crippen molar-refractivity contribution in [3.63, 3.8) is 0 Å². The lowest BCUT2D eigenvalue weighted by Gasteiger charge is -2.37. The third-order valence-corrected chi connectivity index (χ3v) is 4.85. The Morgan fingerprint density at radius 1 is 1.24 bits per heavy atom. The van der Waals surface area contributed by atoms with Gasteiger partial charge < -0.3 is 19.5 Å². The highest BCUT2D eigenvalue weighted by atomic mass is 16.5. The Balaban J connectivity index is 1.75. The van der Waals surface area contributed by atoms with Crippen LogP contribution >= 0.6 is 0 Å². The van der Waals surface area contributed by atoms with E-state index in [-0.39, 0.29) is 6.61 Å². The Morgan fingerprint density at radius 2 is 1.88 bits per heavy atom. The minimum atomic E-state index is -0.589. The molecule has 25 heavy (non-hydrogen) atoms. The SMILES string of the molecule is C#C[C@](C)(CC)OC[C@H](O)CN1CCN(c2ccc(OC)cc2)CC1. The summed E-state index contributed by atoms with van der Waals surface area (Å²) >= 11 is 0. The van der Waals surface area contributed by atoms with Crippen molar-refractivity contribution in [2.75, 3.05) is 51.3 Å². The quantitative estimate of drug-likeness (QED) is 0.730. The van der Waals surface area contributed by atoms with E-state index in [9.17, 15) is 5.11 Å². The third-order valence-electron chi connectivity index (χ3n) is 4.85. The monoisotopic (exact) mass is 346 g/mol. The molecule has 0 aromatic heterocycles. The second kappa shape index (κ2) is 9.10. The lowest BCUT2D eigenvalue weighted by atomic mass is 10.1. The molecule has 0 unspecified atom stereocenters. The van der Waals surface area contributed by atoms with Crippen LogP contribution in [0.5, 0.6) is 5.75 Å². The summed E-state index contributed by atoms with van der Waals surface area (Å²) < 4.78 is 10.9. The van der Waals surface area contributed by atoms with E-state index in [1.165, 1.54) is 5.69 Å². The Labute approximate surface area is 151 Å². The normalized spacial score (nSPS) is 19.1. The van der Waals surface area contributed by atoms with Gasteiger partial charge in [0.15, 0.2) is 0 Å². The summed E-state index contributed by atoms with van der Waals surface area (Å²) in [6, 6.07) is 8.14. The number of hydrogen-bond donors (Lipinski definition) is 1. The van der Waals surface area contributed by atoms with Crippen LogP contribution in [-0.2, 0) is 4.74 Å². The first-order valence-electron chi connectivity index (χ1n) is 8.91. The number of benzene rings is 1. The molecule has 0 amide bonds. The third kappa shape index (κ3) is 5.64. The average Bonchev–Trinajstić information content (AvgIpc) is 2.67. The van der Waals surface area contributed by atoms with Crippen LogP contribution in [-0.4, -0.2) is 68.2 Å².